The second-order valence-electron chi connectivity index (χ2n) is 5.80. The van der Waals surface area contributed by atoms with Gasteiger partial charge in [-0.2, -0.15) is 13.2 Å². The van der Waals surface area contributed by atoms with Crippen molar-refractivity contribution in [3.05, 3.63) is 0 Å². The average Bonchev–Trinajstić information content (AvgIpc) is 2.20. The average molecular weight is 267 g/mol. The molecule has 1 atom stereocenters. The van der Waals surface area contributed by atoms with E-state index in [0.717, 1.165) is 19.6 Å². The third kappa shape index (κ3) is 4.74. The van der Waals surface area contributed by atoms with Crippen molar-refractivity contribution in [2.24, 2.45) is 0 Å². The van der Waals surface area contributed by atoms with Crippen LogP contribution < -0.4 is 5.32 Å². The number of nitrogens with zero attached hydrogens (tertiary/aromatic N) is 2. The van der Waals surface area contributed by atoms with Crippen molar-refractivity contribution in [3.63, 3.8) is 0 Å². The molecule has 0 aromatic rings. The van der Waals surface area contributed by atoms with Crippen molar-refractivity contribution in [1.82, 2.24) is 15.1 Å². The second-order valence-corrected chi connectivity index (χ2v) is 5.80. The maximum atomic E-state index is 12.0. The normalized spacial score (nSPS) is 24.2. The molecular weight excluding hydrogens is 243 g/mol. The summed E-state index contributed by atoms with van der Waals surface area (Å²) in [6.07, 6.45) is -4.12. The highest BCUT2D eigenvalue weighted by molar-refractivity contribution is 4.90. The van der Waals surface area contributed by atoms with Crippen LogP contribution in [0.1, 0.15) is 20.8 Å². The van der Waals surface area contributed by atoms with Crippen molar-refractivity contribution in [3.8, 4) is 0 Å². The first-order valence-corrected chi connectivity index (χ1v) is 6.34. The highest BCUT2D eigenvalue weighted by Gasteiger charge is 2.33. The highest BCUT2D eigenvalue weighted by atomic mass is 19.4. The van der Waals surface area contributed by atoms with Crippen molar-refractivity contribution in [2.45, 2.75) is 38.5 Å². The van der Waals surface area contributed by atoms with Gasteiger partial charge in [-0.05, 0) is 27.8 Å². The summed E-state index contributed by atoms with van der Waals surface area (Å²) in [4.78, 5) is 4.54. The molecule has 0 radical (unpaired) electrons. The predicted molar refractivity (Wildman–Crippen MR) is 66.7 cm³/mol. The number of hydrogen-bond acceptors (Lipinski definition) is 3. The van der Waals surface area contributed by atoms with Crippen LogP contribution in [0.15, 0.2) is 0 Å². The molecule has 1 fully saturated rings. The van der Waals surface area contributed by atoms with E-state index >= 15 is 0 Å². The molecule has 3 nitrogen and oxygen atoms in total. The number of halogens is 3. The van der Waals surface area contributed by atoms with Gasteiger partial charge in [-0.3, -0.25) is 9.80 Å². The van der Waals surface area contributed by atoms with E-state index in [4.69, 9.17) is 0 Å². The van der Waals surface area contributed by atoms with Crippen molar-refractivity contribution in [2.75, 3.05) is 39.8 Å². The van der Waals surface area contributed by atoms with Gasteiger partial charge in [0.05, 0.1) is 6.54 Å². The van der Waals surface area contributed by atoms with E-state index in [2.05, 4.69) is 36.0 Å². The van der Waals surface area contributed by atoms with Gasteiger partial charge in [0, 0.05) is 37.8 Å². The molecular formula is C12H24F3N3. The third-order valence-corrected chi connectivity index (χ3v) is 3.73. The van der Waals surface area contributed by atoms with Gasteiger partial charge in [-0.25, -0.2) is 0 Å². The van der Waals surface area contributed by atoms with Gasteiger partial charge in [-0.15, -0.1) is 0 Å². The Hall–Kier alpha value is -0.330. The smallest absolute Gasteiger partial charge is 0.307 e. The first-order valence-electron chi connectivity index (χ1n) is 6.34. The Morgan fingerprint density at radius 3 is 2.39 bits per heavy atom. The summed E-state index contributed by atoms with van der Waals surface area (Å²) in [5.74, 6) is 0. The molecule has 0 amide bonds. The lowest BCUT2D eigenvalue weighted by atomic mass is 9.98. The fourth-order valence-corrected chi connectivity index (χ4v) is 2.21. The van der Waals surface area contributed by atoms with E-state index < -0.39 is 12.7 Å². The predicted octanol–water partition coefficient (Wildman–Crippen LogP) is 1.55. The highest BCUT2D eigenvalue weighted by Crippen LogP contribution is 2.20. The zero-order valence-electron chi connectivity index (χ0n) is 11.6. The minimum absolute atomic E-state index is 0.0799. The number of nitrogens with one attached hydrogen (secondary N) is 1. The van der Waals surface area contributed by atoms with Crippen LogP contribution in [0.25, 0.3) is 0 Å². The fraction of sp³-hybridized carbons (Fsp3) is 1.00. The number of alkyl halides is 3. The minimum atomic E-state index is -4.12. The number of rotatable bonds is 4. The molecule has 0 spiro atoms. The molecule has 108 valence electrons. The fourth-order valence-electron chi connectivity index (χ4n) is 2.21. The van der Waals surface area contributed by atoms with Crippen LogP contribution in [-0.2, 0) is 0 Å². The molecule has 6 heteroatoms. The van der Waals surface area contributed by atoms with Crippen LogP contribution in [0, 0.1) is 0 Å². The Labute approximate surface area is 107 Å². The topological polar surface area (TPSA) is 18.5 Å². The molecule has 1 unspecified atom stereocenters. The summed E-state index contributed by atoms with van der Waals surface area (Å²) in [7, 11) is 2.09. The maximum absolute atomic E-state index is 12.0. The van der Waals surface area contributed by atoms with Gasteiger partial charge >= 0.3 is 6.18 Å². The van der Waals surface area contributed by atoms with Gasteiger partial charge in [0.1, 0.15) is 0 Å². The molecule has 0 aromatic carbocycles. The van der Waals surface area contributed by atoms with E-state index in [1.165, 1.54) is 0 Å². The number of hydrogen-bond donors (Lipinski definition) is 1. The first kappa shape index (κ1) is 15.7. The van der Waals surface area contributed by atoms with Gasteiger partial charge < -0.3 is 5.32 Å². The van der Waals surface area contributed by atoms with Gasteiger partial charge in [0.25, 0.3) is 0 Å². The van der Waals surface area contributed by atoms with Gasteiger partial charge in [0.15, 0.2) is 0 Å². The first-order chi connectivity index (χ1) is 8.12. The zero-order chi connectivity index (χ0) is 14.0. The minimum Gasteiger partial charge on any atom is -0.307 e. The largest absolute Gasteiger partial charge is 0.401 e. The maximum Gasteiger partial charge on any atom is 0.401 e. The standard InChI is InChI=1S/C12H24F3N3/c1-10(7-16-8-12(13,14)15)18-6-5-17(4)11(2,3)9-18/h10,16H,5-9H2,1-4H3. The number of likely N-dealkylation sites (N-methyl/N-ethyl adjacent to an activating group) is 1. The number of piperazine rings is 1. The lowest BCUT2D eigenvalue weighted by Crippen LogP contribution is -2.60. The Morgan fingerprint density at radius 1 is 1.28 bits per heavy atom. The Balaban J connectivity index is 2.36. The lowest BCUT2D eigenvalue weighted by Gasteiger charge is -2.47. The molecule has 1 heterocycles. The van der Waals surface area contributed by atoms with E-state index in [0.29, 0.717) is 6.54 Å². The van der Waals surface area contributed by atoms with E-state index in [-0.39, 0.29) is 11.6 Å². The van der Waals surface area contributed by atoms with Crippen LogP contribution >= 0.6 is 0 Å². The van der Waals surface area contributed by atoms with Crippen molar-refractivity contribution >= 4 is 0 Å². The Bertz CT molecular complexity index is 266. The molecule has 0 bridgehead atoms. The Kier molecular flexibility index (Phi) is 5.03. The summed E-state index contributed by atoms with van der Waals surface area (Å²) < 4.78 is 36.1. The molecule has 1 saturated heterocycles. The van der Waals surface area contributed by atoms with Gasteiger partial charge in [-0.1, -0.05) is 0 Å². The quantitative estimate of drug-likeness (QED) is 0.834. The Morgan fingerprint density at radius 2 is 1.89 bits per heavy atom. The zero-order valence-corrected chi connectivity index (χ0v) is 11.6. The van der Waals surface area contributed by atoms with Crippen molar-refractivity contribution in [1.29, 1.82) is 0 Å². The molecule has 1 aliphatic rings. The van der Waals surface area contributed by atoms with E-state index in [9.17, 15) is 13.2 Å². The second kappa shape index (κ2) is 5.75. The molecule has 1 rings (SSSR count). The summed E-state index contributed by atoms with van der Waals surface area (Å²) in [6, 6.07) is 0.125. The monoisotopic (exact) mass is 267 g/mol. The summed E-state index contributed by atoms with van der Waals surface area (Å²) >= 11 is 0. The summed E-state index contributed by atoms with van der Waals surface area (Å²) in [5.41, 5.74) is 0.0799. The van der Waals surface area contributed by atoms with Crippen LogP contribution in [-0.4, -0.2) is 67.3 Å². The van der Waals surface area contributed by atoms with Crippen LogP contribution in [0.5, 0.6) is 0 Å². The van der Waals surface area contributed by atoms with E-state index in [1.54, 1.807) is 0 Å². The van der Waals surface area contributed by atoms with Crippen LogP contribution in [0.4, 0.5) is 13.2 Å². The lowest BCUT2D eigenvalue weighted by molar-refractivity contribution is -0.125. The molecule has 0 aromatic heterocycles. The van der Waals surface area contributed by atoms with Crippen molar-refractivity contribution < 1.29 is 13.2 Å². The van der Waals surface area contributed by atoms with Gasteiger partial charge in [0.2, 0.25) is 0 Å². The molecule has 0 saturated carbocycles. The molecule has 1 N–H and O–H groups in total. The summed E-state index contributed by atoms with van der Waals surface area (Å²) in [6.45, 7) is 8.52. The summed E-state index contributed by atoms with van der Waals surface area (Å²) in [5, 5.41) is 2.48. The molecule has 18 heavy (non-hydrogen) atoms. The van der Waals surface area contributed by atoms with E-state index in [1.807, 2.05) is 6.92 Å². The SMILES string of the molecule is CC(CNCC(F)(F)F)N1CCN(C)C(C)(C)C1. The van der Waals surface area contributed by atoms with Crippen LogP contribution in [0.3, 0.4) is 0 Å². The van der Waals surface area contributed by atoms with Crippen LogP contribution in [0.2, 0.25) is 0 Å². The molecule has 0 aliphatic carbocycles. The molecule has 1 aliphatic heterocycles. The third-order valence-electron chi connectivity index (χ3n) is 3.73.